The quantitative estimate of drug-likeness (QED) is 0.720. The fraction of sp³-hybridized carbons (Fsp3) is 0.300. The van der Waals surface area contributed by atoms with Gasteiger partial charge in [-0.2, -0.15) is 0 Å². The predicted molar refractivity (Wildman–Crippen MR) is 73.5 cm³/mol. The van der Waals surface area contributed by atoms with Gasteiger partial charge in [0.1, 0.15) is 0 Å². The highest BCUT2D eigenvalue weighted by Gasteiger charge is 2.12. The standard InChI is InChI=1S/C10H15N3O3S.ClH/c1-17(15,16)13-9-5-3-2-4-8(9)10(14)12-7-6-11;/h2-5,13H,6-7,11H2,1H3,(H,12,14);1H. The first-order valence-corrected chi connectivity index (χ1v) is 6.88. The molecule has 0 saturated carbocycles. The maximum absolute atomic E-state index is 11.7. The van der Waals surface area contributed by atoms with Crippen LogP contribution in [-0.4, -0.2) is 33.7 Å². The van der Waals surface area contributed by atoms with E-state index in [0.717, 1.165) is 6.26 Å². The molecule has 0 bridgehead atoms. The summed E-state index contributed by atoms with van der Waals surface area (Å²) in [5, 5.41) is 2.58. The van der Waals surface area contributed by atoms with Crippen molar-refractivity contribution in [2.24, 2.45) is 5.73 Å². The molecule has 18 heavy (non-hydrogen) atoms. The highest BCUT2D eigenvalue weighted by molar-refractivity contribution is 7.92. The Balaban J connectivity index is 0.00000289. The molecule has 0 aromatic heterocycles. The summed E-state index contributed by atoms with van der Waals surface area (Å²) >= 11 is 0. The minimum atomic E-state index is -3.41. The third kappa shape index (κ3) is 5.35. The molecule has 1 amide bonds. The zero-order valence-electron chi connectivity index (χ0n) is 9.84. The number of hydrogen-bond donors (Lipinski definition) is 3. The number of hydrogen-bond acceptors (Lipinski definition) is 4. The van der Waals surface area contributed by atoms with Crippen LogP contribution in [0.5, 0.6) is 0 Å². The predicted octanol–water partition coefficient (Wildman–Crippen LogP) is 0.168. The van der Waals surface area contributed by atoms with Gasteiger partial charge in [-0.25, -0.2) is 8.42 Å². The SMILES string of the molecule is CS(=O)(=O)Nc1ccccc1C(=O)NCCN.Cl. The molecule has 0 aliphatic carbocycles. The summed E-state index contributed by atoms with van der Waals surface area (Å²) in [5.74, 6) is -0.359. The summed E-state index contributed by atoms with van der Waals surface area (Å²) in [6.07, 6.45) is 1.03. The lowest BCUT2D eigenvalue weighted by atomic mass is 10.1. The van der Waals surface area contributed by atoms with E-state index in [2.05, 4.69) is 10.0 Å². The average molecular weight is 294 g/mol. The summed E-state index contributed by atoms with van der Waals surface area (Å²) in [5.41, 5.74) is 5.79. The Kier molecular flexibility index (Phi) is 6.67. The molecule has 102 valence electrons. The van der Waals surface area contributed by atoms with Gasteiger partial charge in [-0.3, -0.25) is 9.52 Å². The Morgan fingerprint density at radius 3 is 2.50 bits per heavy atom. The molecular formula is C10H16ClN3O3S. The van der Waals surface area contributed by atoms with E-state index >= 15 is 0 Å². The number of para-hydroxylation sites is 1. The Hall–Kier alpha value is -1.31. The van der Waals surface area contributed by atoms with E-state index in [0.29, 0.717) is 13.1 Å². The largest absolute Gasteiger partial charge is 0.351 e. The number of sulfonamides is 1. The van der Waals surface area contributed by atoms with Crippen molar-refractivity contribution in [2.45, 2.75) is 0 Å². The first-order valence-electron chi connectivity index (χ1n) is 4.99. The van der Waals surface area contributed by atoms with Crippen LogP contribution >= 0.6 is 12.4 Å². The van der Waals surface area contributed by atoms with Crippen LogP contribution in [0.3, 0.4) is 0 Å². The van der Waals surface area contributed by atoms with Gasteiger partial charge in [-0.1, -0.05) is 12.1 Å². The van der Waals surface area contributed by atoms with Crippen molar-refractivity contribution >= 4 is 34.0 Å². The van der Waals surface area contributed by atoms with Gasteiger partial charge in [0.15, 0.2) is 0 Å². The van der Waals surface area contributed by atoms with Crippen LogP contribution in [-0.2, 0) is 10.0 Å². The van der Waals surface area contributed by atoms with Gasteiger partial charge in [0.25, 0.3) is 5.91 Å². The van der Waals surface area contributed by atoms with Crippen LogP contribution in [0.1, 0.15) is 10.4 Å². The molecule has 0 atom stereocenters. The van der Waals surface area contributed by atoms with Crippen LogP contribution in [0.15, 0.2) is 24.3 Å². The number of amides is 1. The number of halogens is 1. The summed E-state index contributed by atoms with van der Waals surface area (Å²) in [6.45, 7) is 0.666. The van der Waals surface area contributed by atoms with Gasteiger partial charge in [0.05, 0.1) is 17.5 Å². The summed E-state index contributed by atoms with van der Waals surface area (Å²) in [4.78, 5) is 11.7. The van der Waals surface area contributed by atoms with Crippen molar-refractivity contribution in [1.29, 1.82) is 0 Å². The van der Waals surface area contributed by atoms with Gasteiger partial charge in [-0.15, -0.1) is 12.4 Å². The molecule has 0 fully saturated rings. The van der Waals surface area contributed by atoms with E-state index in [-0.39, 0.29) is 29.6 Å². The molecule has 6 nitrogen and oxygen atoms in total. The Morgan fingerprint density at radius 2 is 1.94 bits per heavy atom. The maximum atomic E-state index is 11.7. The Labute approximate surface area is 112 Å². The molecule has 8 heteroatoms. The van der Waals surface area contributed by atoms with Crippen molar-refractivity contribution in [3.05, 3.63) is 29.8 Å². The summed E-state index contributed by atoms with van der Waals surface area (Å²) in [6, 6.07) is 6.37. The van der Waals surface area contributed by atoms with E-state index in [1.54, 1.807) is 18.2 Å². The highest BCUT2D eigenvalue weighted by atomic mass is 35.5. The van der Waals surface area contributed by atoms with Gasteiger partial charge in [0, 0.05) is 13.1 Å². The zero-order valence-corrected chi connectivity index (χ0v) is 11.5. The van der Waals surface area contributed by atoms with Gasteiger partial charge >= 0.3 is 0 Å². The summed E-state index contributed by atoms with van der Waals surface area (Å²) < 4.78 is 24.5. The number of anilines is 1. The van der Waals surface area contributed by atoms with Gasteiger partial charge in [0.2, 0.25) is 10.0 Å². The smallest absolute Gasteiger partial charge is 0.253 e. The molecule has 0 aliphatic heterocycles. The molecule has 0 heterocycles. The molecule has 1 rings (SSSR count). The lowest BCUT2D eigenvalue weighted by molar-refractivity contribution is 0.0955. The zero-order chi connectivity index (χ0) is 12.9. The van der Waals surface area contributed by atoms with Crippen molar-refractivity contribution in [3.63, 3.8) is 0 Å². The van der Waals surface area contributed by atoms with Crippen molar-refractivity contribution in [1.82, 2.24) is 5.32 Å². The second kappa shape index (κ2) is 7.20. The van der Waals surface area contributed by atoms with E-state index in [4.69, 9.17) is 5.73 Å². The van der Waals surface area contributed by atoms with Gasteiger partial charge in [-0.05, 0) is 12.1 Å². The first kappa shape index (κ1) is 16.7. The Bertz CT molecular complexity index is 505. The molecule has 1 aromatic carbocycles. The minimum Gasteiger partial charge on any atom is -0.351 e. The van der Waals surface area contributed by atoms with Crippen LogP contribution in [0.2, 0.25) is 0 Å². The van der Waals surface area contributed by atoms with Crippen LogP contribution in [0, 0.1) is 0 Å². The minimum absolute atomic E-state index is 0. The second-order valence-electron chi connectivity index (χ2n) is 3.46. The van der Waals surface area contributed by atoms with Crippen molar-refractivity contribution < 1.29 is 13.2 Å². The average Bonchev–Trinajstić information content (AvgIpc) is 2.24. The third-order valence-electron chi connectivity index (χ3n) is 1.90. The lowest BCUT2D eigenvalue weighted by Gasteiger charge is -2.10. The summed E-state index contributed by atoms with van der Waals surface area (Å²) in [7, 11) is -3.41. The second-order valence-corrected chi connectivity index (χ2v) is 5.21. The molecule has 1 aromatic rings. The molecule has 0 saturated heterocycles. The van der Waals surface area contributed by atoms with Gasteiger partial charge < -0.3 is 11.1 Å². The van der Waals surface area contributed by atoms with Crippen LogP contribution < -0.4 is 15.8 Å². The number of carbonyl (C=O) groups is 1. The molecular weight excluding hydrogens is 278 g/mol. The first-order chi connectivity index (χ1) is 7.94. The van der Waals surface area contributed by atoms with Crippen LogP contribution in [0.25, 0.3) is 0 Å². The molecule has 0 spiro atoms. The Morgan fingerprint density at radius 1 is 1.33 bits per heavy atom. The van der Waals surface area contributed by atoms with E-state index in [1.165, 1.54) is 6.07 Å². The lowest BCUT2D eigenvalue weighted by Crippen LogP contribution is -2.29. The molecule has 4 N–H and O–H groups in total. The number of rotatable bonds is 5. The fourth-order valence-electron chi connectivity index (χ4n) is 1.25. The van der Waals surface area contributed by atoms with E-state index < -0.39 is 10.0 Å². The topological polar surface area (TPSA) is 101 Å². The molecule has 0 unspecified atom stereocenters. The number of nitrogens with one attached hydrogen (secondary N) is 2. The molecule has 0 radical (unpaired) electrons. The highest BCUT2D eigenvalue weighted by Crippen LogP contribution is 2.15. The van der Waals surface area contributed by atoms with E-state index in [9.17, 15) is 13.2 Å². The molecule has 0 aliphatic rings. The number of benzene rings is 1. The maximum Gasteiger partial charge on any atom is 0.253 e. The van der Waals surface area contributed by atoms with Crippen molar-refractivity contribution in [2.75, 3.05) is 24.1 Å². The number of nitrogens with two attached hydrogens (primary N) is 1. The number of carbonyl (C=O) groups excluding carboxylic acids is 1. The van der Waals surface area contributed by atoms with Crippen molar-refractivity contribution in [3.8, 4) is 0 Å². The third-order valence-corrected chi connectivity index (χ3v) is 2.49. The van der Waals surface area contributed by atoms with Crippen LogP contribution in [0.4, 0.5) is 5.69 Å². The monoisotopic (exact) mass is 293 g/mol. The van der Waals surface area contributed by atoms with E-state index in [1.807, 2.05) is 0 Å². The normalized spacial score (nSPS) is 10.3. The fourth-order valence-corrected chi connectivity index (χ4v) is 1.83.